The summed E-state index contributed by atoms with van der Waals surface area (Å²) in [5.74, 6) is -0.191. The molecule has 0 aliphatic heterocycles. The van der Waals surface area contributed by atoms with Gasteiger partial charge >= 0.3 is 0 Å². The monoisotopic (exact) mass is 287 g/mol. The molecule has 0 atom stereocenters. The molecule has 2 rings (SSSR count). The number of thiazole rings is 1. The highest BCUT2D eigenvalue weighted by Crippen LogP contribution is 2.22. The lowest BCUT2D eigenvalue weighted by Gasteiger charge is -1.97. The van der Waals surface area contributed by atoms with Gasteiger partial charge in [-0.25, -0.2) is 4.98 Å². The quantitative estimate of drug-likeness (QED) is 0.670. The molecule has 3 N–H and O–H groups in total. The Morgan fingerprint density at radius 2 is 2.30 bits per heavy atom. The van der Waals surface area contributed by atoms with Gasteiger partial charge < -0.3 is 5.73 Å². The summed E-state index contributed by atoms with van der Waals surface area (Å²) in [6.07, 6.45) is 4.08. The van der Waals surface area contributed by atoms with Gasteiger partial charge in [-0.05, 0) is 37.1 Å². The van der Waals surface area contributed by atoms with E-state index in [-0.39, 0.29) is 5.91 Å². The van der Waals surface area contributed by atoms with Crippen LogP contribution < -0.4 is 11.1 Å². The number of benzene rings is 1. The Balaban J connectivity index is 2.01. The maximum absolute atomic E-state index is 11.8. The number of aryl methyl sites for hydroxylation is 2. The number of nitrogens with zero attached hydrogens (tertiary/aromatic N) is 1. The van der Waals surface area contributed by atoms with Crippen molar-refractivity contribution in [1.29, 1.82) is 0 Å². The average molecular weight is 287 g/mol. The Hall–Kier alpha value is -2.14. The van der Waals surface area contributed by atoms with Gasteiger partial charge in [0.25, 0.3) is 0 Å². The van der Waals surface area contributed by atoms with E-state index in [1.54, 1.807) is 6.08 Å². The molecule has 1 heterocycles. The first-order chi connectivity index (χ1) is 9.58. The van der Waals surface area contributed by atoms with E-state index in [4.69, 9.17) is 5.73 Å². The van der Waals surface area contributed by atoms with Gasteiger partial charge in [-0.2, -0.15) is 0 Å². The fourth-order valence-electron chi connectivity index (χ4n) is 1.79. The second-order valence-corrected chi connectivity index (χ2v) is 5.57. The summed E-state index contributed by atoms with van der Waals surface area (Å²) < 4.78 is 0. The minimum Gasteiger partial charge on any atom is -0.399 e. The van der Waals surface area contributed by atoms with Crippen LogP contribution in [0.5, 0.6) is 0 Å². The lowest BCUT2D eigenvalue weighted by atomic mass is 10.2. The van der Waals surface area contributed by atoms with Crippen molar-refractivity contribution in [2.45, 2.75) is 20.3 Å². The standard InChI is InChI=1S/C15H17N3OS/c1-3-13-10(2)20-15(17-13)18-14(19)8-7-11-5-4-6-12(16)9-11/h4-9H,3,16H2,1-2H3,(H,17,18,19)/b8-7+. The molecule has 104 valence electrons. The van der Waals surface area contributed by atoms with Crippen LogP contribution in [0.2, 0.25) is 0 Å². The summed E-state index contributed by atoms with van der Waals surface area (Å²) >= 11 is 1.49. The Morgan fingerprint density at radius 1 is 1.50 bits per heavy atom. The van der Waals surface area contributed by atoms with Crippen molar-refractivity contribution >= 4 is 34.1 Å². The summed E-state index contributed by atoms with van der Waals surface area (Å²) in [5, 5.41) is 3.41. The van der Waals surface area contributed by atoms with Crippen LogP contribution >= 0.6 is 11.3 Å². The second kappa shape index (κ2) is 6.34. The largest absolute Gasteiger partial charge is 0.399 e. The lowest BCUT2D eigenvalue weighted by Crippen LogP contribution is -2.07. The number of hydrogen-bond acceptors (Lipinski definition) is 4. The van der Waals surface area contributed by atoms with E-state index in [2.05, 4.69) is 10.3 Å². The zero-order valence-corrected chi connectivity index (χ0v) is 12.3. The van der Waals surface area contributed by atoms with Gasteiger partial charge in [0.15, 0.2) is 5.13 Å². The summed E-state index contributed by atoms with van der Waals surface area (Å²) in [5.41, 5.74) is 8.28. The third kappa shape index (κ3) is 3.68. The number of carbonyl (C=O) groups is 1. The molecule has 0 fully saturated rings. The number of amides is 1. The molecule has 0 unspecified atom stereocenters. The van der Waals surface area contributed by atoms with Crippen molar-refractivity contribution in [1.82, 2.24) is 4.98 Å². The molecule has 4 nitrogen and oxygen atoms in total. The van der Waals surface area contributed by atoms with E-state index in [9.17, 15) is 4.79 Å². The van der Waals surface area contributed by atoms with E-state index >= 15 is 0 Å². The highest BCUT2D eigenvalue weighted by atomic mass is 32.1. The van der Waals surface area contributed by atoms with Gasteiger partial charge in [-0.3, -0.25) is 10.1 Å². The molecule has 1 aromatic carbocycles. The van der Waals surface area contributed by atoms with Crippen molar-refractivity contribution in [3.8, 4) is 0 Å². The number of nitrogens with one attached hydrogen (secondary N) is 1. The highest BCUT2D eigenvalue weighted by molar-refractivity contribution is 7.15. The predicted octanol–water partition coefficient (Wildman–Crippen LogP) is 3.25. The highest BCUT2D eigenvalue weighted by Gasteiger charge is 2.07. The summed E-state index contributed by atoms with van der Waals surface area (Å²) in [4.78, 5) is 17.3. The van der Waals surface area contributed by atoms with Crippen molar-refractivity contribution in [2.75, 3.05) is 11.1 Å². The molecule has 1 aromatic heterocycles. The number of aromatic nitrogens is 1. The zero-order valence-electron chi connectivity index (χ0n) is 11.5. The minimum absolute atomic E-state index is 0.191. The molecule has 0 aliphatic carbocycles. The molecule has 0 aliphatic rings. The summed E-state index contributed by atoms with van der Waals surface area (Å²) in [6.45, 7) is 4.06. The lowest BCUT2D eigenvalue weighted by molar-refractivity contribution is -0.111. The second-order valence-electron chi connectivity index (χ2n) is 4.37. The molecule has 1 amide bonds. The predicted molar refractivity (Wildman–Crippen MR) is 84.7 cm³/mol. The van der Waals surface area contributed by atoms with Crippen molar-refractivity contribution in [2.24, 2.45) is 0 Å². The number of hydrogen-bond donors (Lipinski definition) is 2. The molecule has 0 spiro atoms. The van der Waals surface area contributed by atoms with Gasteiger partial charge in [-0.15, -0.1) is 11.3 Å². The van der Waals surface area contributed by atoms with Crippen LogP contribution in [0.3, 0.4) is 0 Å². The van der Waals surface area contributed by atoms with Crippen LogP contribution in [0.15, 0.2) is 30.3 Å². The number of nitrogen functional groups attached to an aromatic ring is 1. The zero-order chi connectivity index (χ0) is 14.5. The maximum atomic E-state index is 11.8. The van der Waals surface area contributed by atoms with Crippen molar-refractivity contribution < 1.29 is 4.79 Å². The van der Waals surface area contributed by atoms with Gasteiger partial charge in [-0.1, -0.05) is 19.1 Å². The van der Waals surface area contributed by atoms with Crippen molar-refractivity contribution in [3.63, 3.8) is 0 Å². The number of nitrogens with two attached hydrogens (primary N) is 1. The van der Waals surface area contributed by atoms with Crippen molar-refractivity contribution in [3.05, 3.63) is 46.5 Å². The van der Waals surface area contributed by atoms with Crippen LogP contribution in [-0.4, -0.2) is 10.9 Å². The third-order valence-corrected chi connectivity index (χ3v) is 3.72. The van der Waals surface area contributed by atoms with Gasteiger partial charge in [0, 0.05) is 16.6 Å². The molecule has 20 heavy (non-hydrogen) atoms. The Morgan fingerprint density at radius 3 is 2.95 bits per heavy atom. The topological polar surface area (TPSA) is 68.0 Å². The minimum atomic E-state index is -0.191. The van der Waals surface area contributed by atoms with E-state index in [0.717, 1.165) is 22.6 Å². The summed E-state index contributed by atoms with van der Waals surface area (Å²) in [6, 6.07) is 7.36. The fraction of sp³-hybridized carbons (Fsp3) is 0.200. The number of anilines is 2. The van der Waals surface area contributed by atoms with Crippen LogP contribution in [-0.2, 0) is 11.2 Å². The molecular formula is C15H17N3OS. The van der Waals surface area contributed by atoms with Gasteiger partial charge in [0.1, 0.15) is 0 Å². The Bertz CT molecular complexity index is 646. The van der Waals surface area contributed by atoms with E-state index in [1.165, 1.54) is 17.4 Å². The van der Waals surface area contributed by atoms with E-state index in [0.29, 0.717) is 10.8 Å². The first-order valence-electron chi connectivity index (χ1n) is 6.39. The summed E-state index contributed by atoms with van der Waals surface area (Å²) in [7, 11) is 0. The molecule has 0 saturated heterocycles. The van der Waals surface area contributed by atoms with Crippen LogP contribution in [0.1, 0.15) is 23.1 Å². The average Bonchev–Trinajstić information content (AvgIpc) is 2.76. The van der Waals surface area contributed by atoms with Crippen LogP contribution in [0.4, 0.5) is 10.8 Å². The van der Waals surface area contributed by atoms with Crippen LogP contribution in [0.25, 0.3) is 6.08 Å². The maximum Gasteiger partial charge on any atom is 0.250 e. The number of rotatable bonds is 4. The van der Waals surface area contributed by atoms with E-state index in [1.807, 2.05) is 38.1 Å². The van der Waals surface area contributed by atoms with E-state index < -0.39 is 0 Å². The molecule has 0 saturated carbocycles. The first kappa shape index (κ1) is 14.3. The number of carbonyl (C=O) groups excluding carboxylic acids is 1. The third-order valence-electron chi connectivity index (χ3n) is 2.80. The molecular weight excluding hydrogens is 270 g/mol. The molecule has 5 heteroatoms. The van der Waals surface area contributed by atoms with Gasteiger partial charge in [0.2, 0.25) is 5.91 Å². The smallest absolute Gasteiger partial charge is 0.250 e. The SMILES string of the molecule is CCc1nc(NC(=O)/C=C/c2cccc(N)c2)sc1C. The Labute approximate surface area is 122 Å². The fourth-order valence-corrected chi connectivity index (χ4v) is 2.70. The van der Waals surface area contributed by atoms with Gasteiger partial charge in [0.05, 0.1) is 5.69 Å². The molecule has 0 bridgehead atoms. The molecule has 2 aromatic rings. The first-order valence-corrected chi connectivity index (χ1v) is 7.21. The molecule has 0 radical (unpaired) electrons. The van der Waals surface area contributed by atoms with Crippen LogP contribution in [0, 0.1) is 6.92 Å². The Kier molecular flexibility index (Phi) is 4.53. The normalized spacial score (nSPS) is 10.9.